The number of hydrogen-bond acceptors (Lipinski definition) is 7. The SMILES string of the molecule is Cc1cc(OCCCS(C)(=O)=O)cc(C)c1-c1cc(COc2cc3c(cn2)[C@H](CC(=O)O)CO3)ccc1F. The zero-order chi connectivity index (χ0) is 27.4. The Morgan fingerprint density at radius 3 is 2.58 bits per heavy atom. The highest BCUT2D eigenvalue weighted by Crippen LogP contribution is 2.37. The maximum atomic E-state index is 14.9. The van der Waals surface area contributed by atoms with Crippen LogP contribution in [0.1, 0.15) is 41.0 Å². The van der Waals surface area contributed by atoms with Crippen LogP contribution in [0, 0.1) is 19.7 Å². The number of carboxylic acids is 1. The first kappa shape index (κ1) is 27.4. The largest absolute Gasteiger partial charge is 0.494 e. The van der Waals surface area contributed by atoms with Crippen molar-refractivity contribution in [1.29, 1.82) is 0 Å². The molecule has 2 aromatic carbocycles. The Balaban J connectivity index is 1.46. The topological polar surface area (TPSA) is 112 Å². The average Bonchev–Trinajstić information content (AvgIpc) is 3.22. The summed E-state index contributed by atoms with van der Waals surface area (Å²) in [7, 11) is -3.04. The van der Waals surface area contributed by atoms with Crippen molar-refractivity contribution in [2.45, 2.75) is 39.2 Å². The van der Waals surface area contributed by atoms with E-state index in [1.807, 2.05) is 26.0 Å². The fourth-order valence-electron chi connectivity index (χ4n) is 4.55. The van der Waals surface area contributed by atoms with Crippen molar-refractivity contribution in [2.24, 2.45) is 0 Å². The van der Waals surface area contributed by atoms with Gasteiger partial charge >= 0.3 is 5.97 Å². The van der Waals surface area contributed by atoms with Crippen LogP contribution in [-0.2, 0) is 21.2 Å². The van der Waals surface area contributed by atoms with Crippen molar-refractivity contribution in [3.63, 3.8) is 0 Å². The third-order valence-electron chi connectivity index (χ3n) is 6.29. The van der Waals surface area contributed by atoms with Crippen LogP contribution in [0.25, 0.3) is 11.1 Å². The van der Waals surface area contributed by atoms with Gasteiger partial charge in [0.2, 0.25) is 5.88 Å². The predicted molar refractivity (Wildman–Crippen MR) is 140 cm³/mol. The van der Waals surface area contributed by atoms with Crippen LogP contribution in [0.15, 0.2) is 42.6 Å². The minimum Gasteiger partial charge on any atom is -0.494 e. The van der Waals surface area contributed by atoms with Gasteiger partial charge in [-0.1, -0.05) is 6.07 Å². The van der Waals surface area contributed by atoms with Crippen molar-refractivity contribution >= 4 is 15.8 Å². The first-order valence-electron chi connectivity index (χ1n) is 12.2. The van der Waals surface area contributed by atoms with Crippen molar-refractivity contribution < 1.29 is 36.9 Å². The lowest BCUT2D eigenvalue weighted by atomic mass is 9.94. The van der Waals surface area contributed by atoms with Gasteiger partial charge in [0.1, 0.15) is 33.8 Å². The van der Waals surface area contributed by atoms with Crippen molar-refractivity contribution in [1.82, 2.24) is 4.98 Å². The number of fused-ring (bicyclic) bond motifs is 1. The van der Waals surface area contributed by atoms with Gasteiger partial charge in [-0.15, -0.1) is 0 Å². The number of ether oxygens (including phenoxy) is 3. The number of aromatic nitrogens is 1. The quantitative estimate of drug-likeness (QED) is 0.342. The van der Waals surface area contributed by atoms with Gasteiger partial charge in [0, 0.05) is 35.6 Å². The highest BCUT2D eigenvalue weighted by molar-refractivity contribution is 7.90. The number of hydrogen-bond donors (Lipinski definition) is 1. The molecule has 10 heteroatoms. The third kappa shape index (κ3) is 6.80. The Morgan fingerprint density at radius 1 is 1.16 bits per heavy atom. The summed E-state index contributed by atoms with van der Waals surface area (Å²) in [4.78, 5) is 15.3. The number of carbonyl (C=O) groups is 1. The van der Waals surface area contributed by atoms with Crippen LogP contribution >= 0.6 is 0 Å². The van der Waals surface area contributed by atoms with Gasteiger partial charge < -0.3 is 19.3 Å². The van der Waals surface area contributed by atoms with Crippen LogP contribution in [0.4, 0.5) is 4.39 Å². The molecule has 0 aliphatic carbocycles. The van der Waals surface area contributed by atoms with E-state index in [4.69, 9.17) is 19.3 Å². The first-order valence-corrected chi connectivity index (χ1v) is 14.2. The molecule has 1 atom stereocenters. The number of pyridine rings is 1. The maximum Gasteiger partial charge on any atom is 0.304 e. The van der Waals surface area contributed by atoms with Crippen LogP contribution in [0.5, 0.6) is 17.4 Å². The average molecular weight is 544 g/mol. The number of sulfone groups is 1. The van der Waals surface area contributed by atoms with Crippen LogP contribution < -0.4 is 14.2 Å². The third-order valence-corrected chi connectivity index (χ3v) is 7.32. The van der Waals surface area contributed by atoms with E-state index in [0.717, 1.165) is 27.8 Å². The zero-order valence-corrected chi connectivity index (χ0v) is 22.3. The van der Waals surface area contributed by atoms with Crippen molar-refractivity contribution in [2.75, 3.05) is 25.2 Å². The molecule has 1 aliphatic heterocycles. The Bertz CT molecular complexity index is 1430. The standard InChI is InChI=1S/C28H30FNO7S/c1-17-9-21(35-7-4-8-38(3,33)34)10-18(2)28(17)22-11-19(5-6-24(22)29)15-37-26-13-25-23(14-30-26)20(16-36-25)12-27(31)32/h5-6,9-11,13-14,20H,4,7-8,12,15-16H2,1-3H3,(H,31,32)/t20-/m1/s1. The molecular formula is C28H30FNO7S. The van der Waals surface area contributed by atoms with Gasteiger partial charge in [0.25, 0.3) is 0 Å². The molecule has 3 aromatic rings. The molecule has 0 radical (unpaired) electrons. The summed E-state index contributed by atoms with van der Waals surface area (Å²) in [6, 6.07) is 10.1. The summed E-state index contributed by atoms with van der Waals surface area (Å²) in [6.07, 6.45) is 3.14. The van der Waals surface area contributed by atoms with Crippen LogP contribution in [-0.4, -0.2) is 49.7 Å². The number of halogens is 1. The van der Waals surface area contributed by atoms with Crippen molar-refractivity contribution in [3.8, 4) is 28.5 Å². The highest BCUT2D eigenvalue weighted by atomic mass is 32.2. The molecule has 38 heavy (non-hydrogen) atoms. The Morgan fingerprint density at radius 2 is 1.89 bits per heavy atom. The number of nitrogens with zero attached hydrogens (tertiary/aromatic N) is 1. The van der Waals surface area contributed by atoms with E-state index in [2.05, 4.69) is 4.98 Å². The summed E-state index contributed by atoms with van der Waals surface area (Å²) >= 11 is 0. The highest BCUT2D eigenvalue weighted by Gasteiger charge is 2.27. The van der Waals surface area contributed by atoms with E-state index < -0.39 is 15.8 Å². The molecule has 0 spiro atoms. The fourth-order valence-corrected chi connectivity index (χ4v) is 5.20. The number of rotatable bonds is 11. The van der Waals surface area contributed by atoms with Gasteiger partial charge in [-0.2, -0.15) is 0 Å². The molecule has 0 bridgehead atoms. The lowest BCUT2D eigenvalue weighted by Gasteiger charge is -2.16. The molecular weight excluding hydrogens is 513 g/mol. The van der Waals surface area contributed by atoms with E-state index in [0.29, 0.717) is 29.4 Å². The van der Waals surface area contributed by atoms with Gasteiger partial charge in [0.05, 0.1) is 25.4 Å². The van der Waals surface area contributed by atoms with Gasteiger partial charge in [-0.05, 0) is 66.8 Å². The smallest absolute Gasteiger partial charge is 0.304 e. The second kappa shape index (κ2) is 11.4. The van der Waals surface area contributed by atoms with Gasteiger partial charge in [-0.3, -0.25) is 4.79 Å². The normalized spacial score (nSPS) is 14.6. The van der Waals surface area contributed by atoms with E-state index in [9.17, 15) is 17.6 Å². The predicted octanol–water partition coefficient (Wildman–Crippen LogP) is 4.85. The van der Waals surface area contributed by atoms with E-state index in [-0.39, 0.29) is 43.7 Å². The summed E-state index contributed by atoms with van der Waals surface area (Å²) in [5, 5.41) is 9.05. The molecule has 0 saturated carbocycles. The molecule has 202 valence electrons. The van der Waals surface area contributed by atoms with Crippen molar-refractivity contribution in [3.05, 3.63) is 70.7 Å². The van der Waals surface area contributed by atoms with Crippen LogP contribution in [0.2, 0.25) is 0 Å². The Hall–Kier alpha value is -3.66. The molecule has 1 N–H and O–H groups in total. The lowest BCUT2D eigenvalue weighted by molar-refractivity contribution is -0.137. The molecule has 0 unspecified atom stereocenters. The summed E-state index contributed by atoms with van der Waals surface area (Å²) in [6.45, 7) is 4.46. The number of aryl methyl sites for hydroxylation is 2. The summed E-state index contributed by atoms with van der Waals surface area (Å²) in [5.41, 5.74) is 4.33. The van der Waals surface area contributed by atoms with E-state index >= 15 is 0 Å². The maximum absolute atomic E-state index is 14.9. The number of aliphatic carboxylic acids is 1. The Kier molecular flexibility index (Phi) is 8.20. The fraction of sp³-hybridized carbons (Fsp3) is 0.357. The molecule has 1 aromatic heterocycles. The molecule has 8 nitrogen and oxygen atoms in total. The van der Waals surface area contributed by atoms with Gasteiger partial charge in [0.15, 0.2) is 0 Å². The second-order valence-electron chi connectivity index (χ2n) is 9.53. The molecule has 0 fully saturated rings. The lowest BCUT2D eigenvalue weighted by Crippen LogP contribution is -2.08. The van der Waals surface area contributed by atoms with Gasteiger partial charge in [-0.25, -0.2) is 17.8 Å². The molecule has 4 rings (SSSR count). The molecule has 0 saturated heterocycles. The molecule has 0 amide bonds. The number of benzene rings is 2. The zero-order valence-electron chi connectivity index (χ0n) is 21.5. The summed E-state index contributed by atoms with van der Waals surface area (Å²) in [5.74, 6) is 0.0577. The van der Waals surface area contributed by atoms with E-state index in [1.165, 1.54) is 12.3 Å². The minimum atomic E-state index is -3.04. The Labute approximate surface area is 221 Å². The minimum absolute atomic E-state index is 0.0254. The monoisotopic (exact) mass is 543 g/mol. The summed E-state index contributed by atoms with van der Waals surface area (Å²) < 4.78 is 54.7. The first-order chi connectivity index (χ1) is 18.0. The molecule has 1 aliphatic rings. The molecule has 2 heterocycles. The van der Waals surface area contributed by atoms with E-state index in [1.54, 1.807) is 24.4 Å². The number of carboxylic acid groups (broad SMARTS) is 1. The second-order valence-corrected chi connectivity index (χ2v) is 11.8. The van der Waals surface area contributed by atoms with Crippen LogP contribution in [0.3, 0.4) is 0 Å².